The molecule has 0 radical (unpaired) electrons. The summed E-state index contributed by atoms with van der Waals surface area (Å²) < 4.78 is 12.4. The third-order valence-corrected chi connectivity index (χ3v) is 12.7. The molecular weight excluding hydrogens is 564 g/mol. The number of aliphatic hydroxyl groups excluding tert-OH is 3. The maximum absolute atomic E-state index is 12.0. The van der Waals surface area contributed by atoms with Crippen molar-refractivity contribution in [3.63, 3.8) is 0 Å². The first kappa shape index (κ1) is 35.5. The average molecular weight is 623 g/mol. The number of fused-ring (bicyclic) bond motifs is 3. The predicted octanol–water partition coefficient (Wildman–Crippen LogP) is 4.19. The molecule has 1 saturated heterocycles. The zero-order valence-corrected chi connectivity index (χ0v) is 27.8. The quantitative estimate of drug-likeness (QED) is 0.155. The van der Waals surface area contributed by atoms with E-state index in [9.17, 15) is 35.4 Å². The van der Waals surface area contributed by atoms with E-state index in [1.807, 2.05) is 19.9 Å². The van der Waals surface area contributed by atoms with E-state index >= 15 is 0 Å². The summed E-state index contributed by atoms with van der Waals surface area (Å²) in [5, 5.41) is 63.5. The van der Waals surface area contributed by atoms with Crippen molar-refractivity contribution in [2.45, 2.75) is 142 Å². The highest BCUT2D eigenvalue weighted by atomic mass is 16.7. The number of allylic oxidation sites excluding steroid dienone is 1. The number of carboxylic acid groups (broad SMARTS) is 1. The molecule has 10 unspecified atom stereocenters. The van der Waals surface area contributed by atoms with Crippen molar-refractivity contribution in [2.24, 2.45) is 39.9 Å². The number of carbonyl (C=O) groups is 1. The molecule has 0 spiro atoms. The first-order valence-corrected chi connectivity index (χ1v) is 16.5. The Bertz CT molecular complexity index is 1100. The van der Waals surface area contributed by atoms with E-state index < -0.39 is 47.9 Å². The van der Waals surface area contributed by atoms with Crippen LogP contribution < -0.4 is 0 Å². The maximum atomic E-state index is 12.0. The van der Waals surface area contributed by atoms with Crippen LogP contribution in [-0.4, -0.2) is 85.1 Å². The van der Waals surface area contributed by atoms with Gasteiger partial charge >= 0.3 is 5.97 Å². The second-order valence-corrected chi connectivity index (χ2v) is 16.2. The number of carboxylic acids is 1. The zero-order chi connectivity index (χ0) is 33.0. The number of aliphatic hydroxyl groups is 5. The molecule has 1 aliphatic heterocycles. The van der Waals surface area contributed by atoms with Crippen LogP contribution >= 0.6 is 0 Å². The van der Waals surface area contributed by atoms with Crippen LogP contribution in [0.25, 0.3) is 0 Å². The largest absolute Gasteiger partial charge is 0.481 e. The Labute approximate surface area is 263 Å². The van der Waals surface area contributed by atoms with Gasteiger partial charge in [0.05, 0.1) is 23.9 Å². The van der Waals surface area contributed by atoms with Crippen LogP contribution in [0.15, 0.2) is 24.3 Å². The van der Waals surface area contributed by atoms with Crippen LogP contribution in [0.4, 0.5) is 0 Å². The highest BCUT2D eigenvalue weighted by Gasteiger charge is 2.70. The lowest BCUT2D eigenvalue weighted by Gasteiger charge is -2.68. The van der Waals surface area contributed by atoms with Gasteiger partial charge in [-0.1, -0.05) is 45.1 Å². The van der Waals surface area contributed by atoms with E-state index in [4.69, 9.17) is 9.47 Å². The van der Waals surface area contributed by atoms with Gasteiger partial charge in [-0.3, -0.25) is 4.79 Å². The summed E-state index contributed by atoms with van der Waals surface area (Å²) in [7, 11) is 0. The molecule has 6 N–H and O–H groups in total. The third kappa shape index (κ3) is 6.32. The number of hydrogen-bond donors (Lipinski definition) is 6. The van der Waals surface area contributed by atoms with Gasteiger partial charge in [-0.05, 0) is 113 Å². The molecule has 4 fully saturated rings. The first-order chi connectivity index (χ1) is 20.2. The van der Waals surface area contributed by atoms with Crippen LogP contribution in [-0.2, 0) is 14.3 Å². The van der Waals surface area contributed by atoms with Crippen molar-refractivity contribution in [1.82, 2.24) is 0 Å². The lowest BCUT2D eigenvalue weighted by Crippen LogP contribution is -2.65. The molecule has 0 bridgehead atoms. The maximum Gasteiger partial charge on any atom is 0.303 e. The Morgan fingerprint density at radius 3 is 2.27 bits per heavy atom. The molecule has 252 valence electrons. The molecule has 4 aliphatic rings. The lowest BCUT2D eigenvalue weighted by atomic mass is 9.37. The number of hydrogen-bond acceptors (Lipinski definition) is 8. The molecule has 0 aromatic carbocycles. The fourth-order valence-electron chi connectivity index (χ4n) is 10.3. The van der Waals surface area contributed by atoms with Gasteiger partial charge in [0.15, 0.2) is 6.29 Å². The summed E-state index contributed by atoms with van der Waals surface area (Å²) in [6, 6.07) is 0. The van der Waals surface area contributed by atoms with Gasteiger partial charge in [-0.2, -0.15) is 0 Å². The normalized spacial score (nSPS) is 45.9. The summed E-state index contributed by atoms with van der Waals surface area (Å²) >= 11 is 0. The molecule has 0 aromatic rings. The topological polar surface area (TPSA) is 157 Å². The van der Waals surface area contributed by atoms with Crippen molar-refractivity contribution in [3.05, 3.63) is 24.3 Å². The van der Waals surface area contributed by atoms with Gasteiger partial charge in [0.2, 0.25) is 0 Å². The SMILES string of the molecule is C=C(C)C1CCC2(C)C(CC(OC3OC[C@H](O)[C@@H](O)[C@H]3O)C3C(C(C)(O)C/C=C/C(C)(C)O)CCC32C)C1(C)CCC(=O)O. The van der Waals surface area contributed by atoms with E-state index in [1.165, 1.54) is 0 Å². The highest BCUT2D eigenvalue weighted by molar-refractivity contribution is 5.66. The van der Waals surface area contributed by atoms with Crippen LogP contribution in [0, 0.1) is 39.9 Å². The minimum Gasteiger partial charge on any atom is -0.481 e. The van der Waals surface area contributed by atoms with E-state index in [2.05, 4.69) is 27.4 Å². The molecular formula is C35H58O9. The molecule has 1 heterocycles. The zero-order valence-electron chi connectivity index (χ0n) is 27.8. The second-order valence-electron chi connectivity index (χ2n) is 16.2. The van der Waals surface area contributed by atoms with Gasteiger partial charge in [0.25, 0.3) is 0 Å². The monoisotopic (exact) mass is 622 g/mol. The summed E-state index contributed by atoms with van der Waals surface area (Å²) in [5.74, 6) is -0.914. The summed E-state index contributed by atoms with van der Waals surface area (Å²) in [6.45, 7) is 18.3. The van der Waals surface area contributed by atoms with Crippen molar-refractivity contribution >= 4 is 5.97 Å². The van der Waals surface area contributed by atoms with E-state index in [-0.39, 0.29) is 52.9 Å². The summed E-state index contributed by atoms with van der Waals surface area (Å²) in [5.41, 5.74) is -1.91. The van der Waals surface area contributed by atoms with Gasteiger partial charge < -0.3 is 40.1 Å². The van der Waals surface area contributed by atoms with Gasteiger partial charge in [-0.15, -0.1) is 0 Å². The molecule has 0 amide bonds. The second kappa shape index (κ2) is 12.4. The van der Waals surface area contributed by atoms with Crippen LogP contribution in [0.3, 0.4) is 0 Å². The first-order valence-electron chi connectivity index (χ1n) is 16.5. The molecule has 3 saturated carbocycles. The van der Waals surface area contributed by atoms with Crippen molar-refractivity contribution < 1.29 is 44.9 Å². The molecule has 0 aromatic heterocycles. The Kier molecular flexibility index (Phi) is 9.98. The van der Waals surface area contributed by atoms with Gasteiger partial charge in [0, 0.05) is 6.42 Å². The van der Waals surface area contributed by atoms with Crippen LogP contribution in [0.2, 0.25) is 0 Å². The Morgan fingerprint density at radius 2 is 1.68 bits per heavy atom. The molecule has 3 aliphatic carbocycles. The molecule has 44 heavy (non-hydrogen) atoms. The van der Waals surface area contributed by atoms with E-state index in [1.54, 1.807) is 19.9 Å². The Morgan fingerprint density at radius 1 is 1.05 bits per heavy atom. The van der Waals surface area contributed by atoms with E-state index in [0.717, 1.165) is 31.3 Å². The average Bonchev–Trinajstić information content (AvgIpc) is 3.28. The van der Waals surface area contributed by atoms with Crippen molar-refractivity contribution in [1.29, 1.82) is 0 Å². The fourth-order valence-corrected chi connectivity index (χ4v) is 10.3. The minimum absolute atomic E-state index is 0.0535. The Hall–Kier alpha value is -1.33. The number of rotatable bonds is 10. The highest BCUT2D eigenvalue weighted by Crippen LogP contribution is 2.74. The summed E-state index contributed by atoms with van der Waals surface area (Å²) in [6.07, 6.45) is 2.80. The van der Waals surface area contributed by atoms with Gasteiger partial charge in [0.1, 0.15) is 18.3 Å². The van der Waals surface area contributed by atoms with Crippen LogP contribution in [0.5, 0.6) is 0 Å². The Balaban J connectivity index is 1.79. The standard InChI is InChI=1S/C35H58O9/c1-20(2)21-10-16-33(6)25(32(21,5)15-12-26(37)38)18-24(44-30-29(40)28(39)23(36)19-43-30)27-22(11-17-34(27,33)7)35(8,42)14-9-13-31(3,4)41/h9,13,21-25,27-30,36,39-42H,1,10-12,14-19H2,2-8H3,(H,37,38)/b13-9+/t21?,22?,23-,24?,25?,27?,28+,29+,30?,32?,33?,34?,35?/m0/s1. The predicted molar refractivity (Wildman–Crippen MR) is 166 cm³/mol. The van der Waals surface area contributed by atoms with Crippen molar-refractivity contribution in [3.8, 4) is 0 Å². The molecule has 9 nitrogen and oxygen atoms in total. The van der Waals surface area contributed by atoms with Crippen molar-refractivity contribution in [2.75, 3.05) is 6.61 Å². The summed E-state index contributed by atoms with van der Waals surface area (Å²) in [4.78, 5) is 11.9. The number of ether oxygens (including phenoxy) is 2. The van der Waals surface area contributed by atoms with Gasteiger partial charge in [-0.25, -0.2) is 0 Å². The van der Waals surface area contributed by atoms with E-state index in [0.29, 0.717) is 19.3 Å². The van der Waals surface area contributed by atoms with Crippen LogP contribution in [0.1, 0.15) is 99.8 Å². The molecule has 13 atom stereocenters. The molecule has 4 rings (SSSR count). The lowest BCUT2D eigenvalue weighted by molar-refractivity contribution is -0.312. The number of aliphatic carboxylic acids is 1. The third-order valence-electron chi connectivity index (χ3n) is 12.7. The fraction of sp³-hybridized carbons (Fsp3) is 0.857. The molecule has 9 heteroatoms. The smallest absolute Gasteiger partial charge is 0.303 e. The minimum atomic E-state index is -1.44.